The van der Waals surface area contributed by atoms with E-state index in [0.29, 0.717) is 6.54 Å². The predicted molar refractivity (Wildman–Crippen MR) is 73.0 cm³/mol. The van der Waals surface area contributed by atoms with E-state index in [1.807, 2.05) is 19.1 Å². The first-order chi connectivity index (χ1) is 9.12. The highest BCUT2D eigenvalue weighted by molar-refractivity contribution is 5.67. The maximum absolute atomic E-state index is 11.2. The van der Waals surface area contributed by atoms with Crippen molar-refractivity contribution in [1.29, 1.82) is 0 Å². The topological polar surface area (TPSA) is 80.5 Å². The van der Waals surface area contributed by atoms with Crippen LogP contribution in [0, 0.1) is 6.92 Å². The number of amides is 1. The van der Waals surface area contributed by atoms with Gasteiger partial charge in [0.05, 0.1) is 13.2 Å². The number of nitrogens with zero attached hydrogens (tertiary/aromatic N) is 2. The summed E-state index contributed by atoms with van der Waals surface area (Å²) in [6.07, 6.45) is 0.509. The number of hydrogen-bond acceptors (Lipinski definition) is 5. The fourth-order valence-electron chi connectivity index (χ4n) is 2.31. The number of carbonyl (C=O) groups excluding carboxylic acids is 1. The number of rotatable bonds is 3. The van der Waals surface area contributed by atoms with Gasteiger partial charge in [0.25, 0.3) is 0 Å². The number of aryl methyl sites for hydroxylation is 1. The Morgan fingerprint density at radius 3 is 3.11 bits per heavy atom. The number of nitrogens with one attached hydrogen (secondary N) is 1. The van der Waals surface area contributed by atoms with Gasteiger partial charge in [-0.2, -0.15) is 0 Å². The molecule has 1 aliphatic heterocycles. The normalized spacial score (nSPS) is 18.5. The highest BCUT2D eigenvalue weighted by Gasteiger charge is 2.25. The summed E-state index contributed by atoms with van der Waals surface area (Å²) in [7, 11) is 1.37. The second-order valence-electron chi connectivity index (χ2n) is 4.75. The molecule has 1 amide bonds. The Morgan fingerprint density at radius 1 is 1.63 bits per heavy atom. The van der Waals surface area contributed by atoms with Crippen LogP contribution in [0.3, 0.4) is 0 Å². The van der Waals surface area contributed by atoms with E-state index in [9.17, 15) is 4.79 Å². The Kier molecular flexibility index (Phi) is 4.21. The molecule has 2 heterocycles. The number of alkyl carbamates (subject to hydrolysis) is 1. The van der Waals surface area contributed by atoms with Crippen molar-refractivity contribution in [2.75, 3.05) is 25.1 Å². The van der Waals surface area contributed by atoms with Gasteiger partial charge in [0.1, 0.15) is 5.82 Å². The lowest BCUT2D eigenvalue weighted by Crippen LogP contribution is -2.37. The quantitative estimate of drug-likeness (QED) is 0.843. The zero-order chi connectivity index (χ0) is 13.8. The second-order valence-corrected chi connectivity index (χ2v) is 4.75. The largest absolute Gasteiger partial charge is 0.453 e. The van der Waals surface area contributed by atoms with E-state index in [-0.39, 0.29) is 12.1 Å². The molecule has 0 bridgehead atoms. The molecule has 6 heteroatoms. The molecular weight excluding hydrogens is 244 g/mol. The maximum atomic E-state index is 11.2. The van der Waals surface area contributed by atoms with Gasteiger partial charge < -0.3 is 20.7 Å². The van der Waals surface area contributed by atoms with Crippen molar-refractivity contribution in [1.82, 2.24) is 10.3 Å². The molecule has 6 nitrogen and oxygen atoms in total. The molecule has 1 unspecified atom stereocenters. The fraction of sp³-hybridized carbons (Fsp3) is 0.538. The maximum Gasteiger partial charge on any atom is 0.407 e. The molecule has 0 radical (unpaired) electrons. The summed E-state index contributed by atoms with van der Waals surface area (Å²) in [5.74, 6) is 0.926. The number of ether oxygens (including phenoxy) is 1. The van der Waals surface area contributed by atoms with Crippen LogP contribution >= 0.6 is 0 Å². The molecule has 1 saturated heterocycles. The second kappa shape index (κ2) is 5.88. The molecule has 104 valence electrons. The Hall–Kier alpha value is -1.82. The molecule has 1 aromatic rings. The summed E-state index contributed by atoms with van der Waals surface area (Å²) in [4.78, 5) is 17.9. The first kappa shape index (κ1) is 13.6. The lowest BCUT2D eigenvalue weighted by atomic mass is 10.2. The van der Waals surface area contributed by atoms with E-state index in [0.717, 1.165) is 36.6 Å². The molecule has 3 N–H and O–H groups in total. The van der Waals surface area contributed by atoms with E-state index >= 15 is 0 Å². The molecule has 2 rings (SSSR count). The molecule has 1 fully saturated rings. The van der Waals surface area contributed by atoms with E-state index in [1.165, 1.54) is 7.11 Å². The van der Waals surface area contributed by atoms with Crippen LogP contribution in [0.5, 0.6) is 0 Å². The molecule has 0 spiro atoms. The van der Waals surface area contributed by atoms with Crippen LogP contribution in [-0.4, -0.2) is 37.3 Å². The average Bonchev–Trinajstić information content (AvgIpc) is 2.86. The summed E-state index contributed by atoms with van der Waals surface area (Å²) in [6.45, 7) is 4.08. The molecule has 1 atom stereocenters. The minimum absolute atomic E-state index is 0.107. The smallest absolute Gasteiger partial charge is 0.407 e. The summed E-state index contributed by atoms with van der Waals surface area (Å²) >= 11 is 0. The van der Waals surface area contributed by atoms with E-state index < -0.39 is 0 Å². The van der Waals surface area contributed by atoms with Crippen molar-refractivity contribution >= 4 is 11.9 Å². The van der Waals surface area contributed by atoms with Gasteiger partial charge >= 0.3 is 6.09 Å². The van der Waals surface area contributed by atoms with Crippen LogP contribution in [0.15, 0.2) is 12.1 Å². The van der Waals surface area contributed by atoms with Crippen LogP contribution in [0.1, 0.15) is 17.7 Å². The minimum atomic E-state index is -0.383. The minimum Gasteiger partial charge on any atom is -0.453 e. The third-order valence-electron chi connectivity index (χ3n) is 3.26. The van der Waals surface area contributed by atoms with Crippen molar-refractivity contribution in [2.24, 2.45) is 5.73 Å². The number of pyridine rings is 1. The van der Waals surface area contributed by atoms with Crippen LogP contribution in [-0.2, 0) is 11.3 Å². The monoisotopic (exact) mass is 264 g/mol. The fourth-order valence-corrected chi connectivity index (χ4v) is 2.31. The van der Waals surface area contributed by atoms with Crippen molar-refractivity contribution in [2.45, 2.75) is 25.9 Å². The molecule has 1 aliphatic rings. The van der Waals surface area contributed by atoms with E-state index in [1.54, 1.807) is 0 Å². The third kappa shape index (κ3) is 3.35. The molecule has 19 heavy (non-hydrogen) atoms. The summed E-state index contributed by atoms with van der Waals surface area (Å²) in [5.41, 5.74) is 7.71. The number of nitrogens with two attached hydrogens (primary N) is 1. The molecule has 0 aromatic carbocycles. The van der Waals surface area contributed by atoms with Gasteiger partial charge in [0.15, 0.2) is 0 Å². The average molecular weight is 264 g/mol. The lowest BCUT2D eigenvalue weighted by Gasteiger charge is -2.19. The standard InChI is InChI=1S/C13H20N4O2/c1-9-5-10(7-14)6-12(15-9)17-4-3-11(8-17)16-13(18)19-2/h5-6,11H,3-4,7-8,14H2,1-2H3,(H,16,18). The van der Waals surface area contributed by atoms with Crippen LogP contribution in [0.2, 0.25) is 0 Å². The van der Waals surface area contributed by atoms with Gasteiger partial charge in [-0.15, -0.1) is 0 Å². The van der Waals surface area contributed by atoms with Crippen LogP contribution < -0.4 is 16.0 Å². The van der Waals surface area contributed by atoms with Gasteiger partial charge in [-0.25, -0.2) is 9.78 Å². The number of hydrogen-bond donors (Lipinski definition) is 2. The zero-order valence-corrected chi connectivity index (χ0v) is 11.3. The predicted octanol–water partition coefficient (Wildman–Crippen LogP) is 0.783. The zero-order valence-electron chi connectivity index (χ0n) is 11.3. The molecule has 0 saturated carbocycles. The van der Waals surface area contributed by atoms with Crippen molar-refractivity contribution in [3.05, 3.63) is 23.4 Å². The van der Waals surface area contributed by atoms with Gasteiger partial charge in [-0.1, -0.05) is 0 Å². The van der Waals surface area contributed by atoms with Crippen molar-refractivity contribution in [3.63, 3.8) is 0 Å². The SMILES string of the molecule is COC(=O)NC1CCN(c2cc(CN)cc(C)n2)C1. The lowest BCUT2D eigenvalue weighted by molar-refractivity contribution is 0.167. The van der Waals surface area contributed by atoms with Gasteiger partial charge in [0.2, 0.25) is 0 Å². The summed E-state index contributed by atoms with van der Waals surface area (Å²) < 4.78 is 4.61. The van der Waals surface area contributed by atoms with E-state index in [2.05, 4.69) is 19.9 Å². The Labute approximate surface area is 112 Å². The number of aromatic nitrogens is 1. The Morgan fingerprint density at radius 2 is 2.42 bits per heavy atom. The van der Waals surface area contributed by atoms with Crippen LogP contribution in [0.25, 0.3) is 0 Å². The van der Waals surface area contributed by atoms with Crippen molar-refractivity contribution in [3.8, 4) is 0 Å². The van der Waals surface area contributed by atoms with Crippen molar-refractivity contribution < 1.29 is 9.53 Å². The molecule has 1 aromatic heterocycles. The number of anilines is 1. The van der Waals surface area contributed by atoms with E-state index in [4.69, 9.17) is 5.73 Å². The first-order valence-corrected chi connectivity index (χ1v) is 6.39. The summed E-state index contributed by atoms with van der Waals surface area (Å²) in [6, 6.07) is 4.10. The highest BCUT2D eigenvalue weighted by atomic mass is 16.5. The van der Waals surface area contributed by atoms with Gasteiger partial charge in [0, 0.05) is 25.3 Å². The Balaban J connectivity index is 2.04. The third-order valence-corrected chi connectivity index (χ3v) is 3.26. The summed E-state index contributed by atoms with van der Waals surface area (Å²) in [5, 5.41) is 2.82. The Bertz CT molecular complexity index is 464. The number of carbonyl (C=O) groups is 1. The molecule has 0 aliphatic carbocycles. The highest BCUT2D eigenvalue weighted by Crippen LogP contribution is 2.20. The van der Waals surface area contributed by atoms with Gasteiger partial charge in [-0.3, -0.25) is 0 Å². The first-order valence-electron chi connectivity index (χ1n) is 6.39. The number of methoxy groups -OCH3 is 1. The molecular formula is C13H20N4O2. The van der Waals surface area contributed by atoms with Gasteiger partial charge in [-0.05, 0) is 31.0 Å². The van der Waals surface area contributed by atoms with Crippen LogP contribution in [0.4, 0.5) is 10.6 Å².